The van der Waals surface area contributed by atoms with E-state index in [2.05, 4.69) is 50.0 Å². The molecular weight excluding hydrogens is 408 g/mol. The van der Waals surface area contributed by atoms with E-state index in [4.69, 9.17) is 13.6 Å². The summed E-state index contributed by atoms with van der Waals surface area (Å²) in [5.74, 6) is -0.230. The van der Waals surface area contributed by atoms with Crippen molar-refractivity contribution in [3.63, 3.8) is 0 Å². The smallest absolute Gasteiger partial charge is 0.360 e. The van der Waals surface area contributed by atoms with Crippen LogP contribution in [0.3, 0.4) is 0 Å². The minimum atomic E-state index is -1.51. The van der Waals surface area contributed by atoms with Crippen LogP contribution in [0.15, 0.2) is 71.3 Å². The van der Waals surface area contributed by atoms with Crippen molar-refractivity contribution >= 4 is 31.4 Å². The molecule has 0 spiro atoms. The van der Waals surface area contributed by atoms with Crippen molar-refractivity contribution in [2.24, 2.45) is 11.3 Å². The van der Waals surface area contributed by atoms with Crippen LogP contribution in [0.1, 0.15) is 31.3 Å². The first-order chi connectivity index (χ1) is 14.9. The zero-order valence-corrected chi connectivity index (χ0v) is 19.2. The second-order valence-electron chi connectivity index (χ2n) is 8.70. The zero-order valence-electron chi connectivity index (χ0n) is 18.2. The number of ether oxygens (including phenoxy) is 1. The lowest BCUT2D eigenvalue weighted by Crippen LogP contribution is -2.65. The summed E-state index contributed by atoms with van der Waals surface area (Å²) in [7, 11) is -0.178. The van der Waals surface area contributed by atoms with E-state index in [0.717, 1.165) is 6.54 Å². The third-order valence-electron chi connectivity index (χ3n) is 5.60. The standard InChI is InChI=1S/C24H27N2O4Si/c1-24(2,3)19-15-26(23-25-20(16-29-23)22(27)28-4)21(19)30-31(17-11-7-5-8-12-17)18-13-9-6-10-14-18/h5-14,16,19,21H,15H2,1-4H3. The van der Waals surface area contributed by atoms with Gasteiger partial charge in [-0.2, -0.15) is 4.98 Å². The van der Waals surface area contributed by atoms with Gasteiger partial charge in [-0.3, -0.25) is 0 Å². The monoisotopic (exact) mass is 435 g/mol. The number of aromatic nitrogens is 1. The Bertz CT molecular complexity index is 977. The molecule has 1 aliphatic heterocycles. The predicted molar refractivity (Wildman–Crippen MR) is 121 cm³/mol. The van der Waals surface area contributed by atoms with E-state index in [0.29, 0.717) is 6.01 Å². The lowest BCUT2D eigenvalue weighted by Gasteiger charge is -2.53. The van der Waals surface area contributed by atoms with Gasteiger partial charge in [0.25, 0.3) is 15.1 Å². The number of anilines is 1. The molecule has 7 heteroatoms. The quantitative estimate of drug-likeness (QED) is 0.438. The van der Waals surface area contributed by atoms with Gasteiger partial charge in [-0.1, -0.05) is 81.4 Å². The second kappa shape index (κ2) is 8.68. The van der Waals surface area contributed by atoms with Gasteiger partial charge in [-0.05, 0) is 15.8 Å². The summed E-state index contributed by atoms with van der Waals surface area (Å²) >= 11 is 0. The molecule has 0 saturated carbocycles. The Morgan fingerprint density at radius 1 is 1.06 bits per heavy atom. The van der Waals surface area contributed by atoms with Crippen LogP contribution in [0.4, 0.5) is 6.01 Å². The molecule has 2 heterocycles. The van der Waals surface area contributed by atoms with Gasteiger partial charge in [-0.25, -0.2) is 4.79 Å². The molecule has 6 nitrogen and oxygen atoms in total. The number of carbonyl (C=O) groups excluding carboxylic acids is 1. The van der Waals surface area contributed by atoms with Crippen molar-refractivity contribution in [2.45, 2.75) is 27.0 Å². The molecule has 0 aliphatic carbocycles. The zero-order chi connectivity index (χ0) is 22.0. The van der Waals surface area contributed by atoms with Gasteiger partial charge in [0.1, 0.15) is 12.5 Å². The number of benzene rings is 2. The molecule has 161 valence electrons. The molecule has 4 rings (SSSR count). The maximum atomic E-state index is 11.8. The Morgan fingerprint density at radius 2 is 1.65 bits per heavy atom. The van der Waals surface area contributed by atoms with Gasteiger partial charge in [0.15, 0.2) is 5.69 Å². The first-order valence-electron chi connectivity index (χ1n) is 10.3. The van der Waals surface area contributed by atoms with Crippen molar-refractivity contribution in [2.75, 3.05) is 18.6 Å². The maximum Gasteiger partial charge on any atom is 0.360 e. The first-order valence-corrected chi connectivity index (χ1v) is 11.7. The highest BCUT2D eigenvalue weighted by Crippen LogP contribution is 2.42. The number of rotatable bonds is 6. The average molecular weight is 436 g/mol. The van der Waals surface area contributed by atoms with E-state index in [1.807, 2.05) is 41.3 Å². The first kappa shape index (κ1) is 21.3. The van der Waals surface area contributed by atoms with E-state index in [9.17, 15) is 4.79 Å². The molecule has 2 aromatic carbocycles. The number of carbonyl (C=O) groups is 1. The Labute approximate surface area is 184 Å². The molecular formula is C24H27N2O4Si. The highest BCUT2D eigenvalue weighted by molar-refractivity contribution is 6.80. The molecule has 1 saturated heterocycles. The number of oxazole rings is 1. The lowest BCUT2D eigenvalue weighted by molar-refractivity contribution is 0.000390. The lowest BCUT2D eigenvalue weighted by atomic mass is 9.74. The summed E-state index contributed by atoms with van der Waals surface area (Å²) in [4.78, 5) is 18.2. The van der Waals surface area contributed by atoms with Crippen molar-refractivity contribution in [1.82, 2.24) is 4.98 Å². The van der Waals surface area contributed by atoms with Crippen molar-refractivity contribution in [3.8, 4) is 0 Å². The van der Waals surface area contributed by atoms with Crippen LogP contribution in [0.2, 0.25) is 0 Å². The fourth-order valence-electron chi connectivity index (χ4n) is 3.72. The van der Waals surface area contributed by atoms with Crippen LogP contribution in [0.5, 0.6) is 0 Å². The van der Waals surface area contributed by atoms with Crippen LogP contribution in [-0.4, -0.2) is 39.9 Å². The van der Waals surface area contributed by atoms with Gasteiger partial charge in [0, 0.05) is 12.5 Å². The predicted octanol–water partition coefficient (Wildman–Crippen LogP) is 3.09. The SMILES string of the molecule is COC(=O)c1coc(N2CC(C(C)(C)C)C2O[Si](c2ccccc2)c2ccccc2)n1. The fourth-order valence-corrected chi connectivity index (χ4v) is 5.85. The number of hydrogen-bond acceptors (Lipinski definition) is 6. The van der Waals surface area contributed by atoms with Crippen molar-refractivity contribution in [3.05, 3.63) is 72.6 Å². The number of methoxy groups -OCH3 is 1. The van der Waals surface area contributed by atoms with E-state index < -0.39 is 15.0 Å². The summed E-state index contributed by atoms with van der Waals surface area (Å²) in [6.07, 6.45) is 1.13. The Balaban J connectivity index is 1.66. The largest absolute Gasteiger partial charge is 0.464 e. The topological polar surface area (TPSA) is 64.8 Å². The fraction of sp³-hybridized carbons (Fsp3) is 0.333. The van der Waals surface area contributed by atoms with E-state index >= 15 is 0 Å². The Hall–Kier alpha value is -2.90. The average Bonchev–Trinajstić information content (AvgIpc) is 3.22. The second-order valence-corrected chi connectivity index (χ2v) is 10.8. The van der Waals surface area contributed by atoms with Gasteiger partial charge in [0.05, 0.1) is 7.11 Å². The molecule has 1 radical (unpaired) electrons. The number of hydrogen-bond donors (Lipinski definition) is 0. The molecule has 0 amide bonds. The normalized spacial score (nSPS) is 18.7. The highest BCUT2D eigenvalue weighted by atomic mass is 28.3. The van der Waals surface area contributed by atoms with Gasteiger partial charge in [-0.15, -0.1) is 0 Å². The third-order valence-corrected chi connectivity index (χ3v) is 7.79. The number of esters is 1. The molecule has 1 aliphatic rings. The highest BCUT2D eigenvalue weighted by Gasteiger charge is 2.49. The van der Waals surface area contributed by atoms with E-state index in [-0.39, 0.29) is 23.3 Å². The Kier molecular flexibility index (Phi) is 5.98. The summed E-state index contributed by atoms with van der Waals surface area (Å²) in [5.41, 5.74) is 0.200. The van der Waals surface area contributed by atoms with E-state index in [1.165, 1.54) is 23.7 Å². The summed E-state index contributed by atoms with van der Waals surface area (Å²) in [6.45, 7) is 7.41. The molecule has 31 heavy (non-hydrogen) atoms. The molecule has 1 fully saturated rings. The summed E-state index contributed by atoms with van der Waals surface area (Å²) < 4.78 is 17.3. The van der Waals surface area contributed by atoms with Gasteiger partial charge < -0.3 is 18.5 Å². The van der Waals surface area contributed by atoms with Crippen LogP contribution < -0.4 is 15.3 Å². The third kappa shape index (κ3) is 4.43. The van der Waals surface area contributed by atoms with Crippen molar-refractivity contribution < 1.29 is 18.4 Å². The molecule has 2 unspecified atom stereocenters. The summed E-state index contributed by atoms with van der Waals surface area (Å²) in [5, 5.41) is 2.36. The van der Waals surface area contributed by atoms with Crippen LogP contribution in [0.25, 0.3) is 0 Å². The molecule has 0 N–H and O–H groups in total. The van der Waals surface area contributed by atoms with Crippen LogP contribution >= 0.6 is 0 Å². The minimum absolute atomic E-state index is 0.0410. The Morgan fingerprint density at radius 3 is 2.16 bits per heavy atom. The number of nitrogens with zero attached hydrogens (tertiary/aromatic N) is 2. The maximum absolute atomic E-state index is 11.8. The molecule has 1 aromatic heterocycles. The summed E-state index contributed by atoms with van der Waals surface area (Å²) in [6, 6.07) is 21.1. The van der Waals surface area contributed by atoms with Crippen LogP contribution in [-0.2, 0) is 9.16 Å². The van der Waals surface area contributed by atoms with Gasteiger partial charge in [0.2, 0.25) is 0 Å². The van der Waals surface area contributed by atoms with Gasteiger partial charge >= 0.3 is 5.97 Å². The molecule has 3 aromatic rings. The molecule has 2 atom stereocenters. The molecule has 0 bridgehead atoms. The minimum Gasteiger partial charge on any atom is -0.464 e. The van der Waals surface area contributed by atoms with E-state index in [1.54, 1.807) is 0 Å². The van der Waals surface area contributed by atoms with Crippen molar-refractivity contribution in [1.29, 1.82) is 0 Å². The van der Waals surface area contributed by atoms with Crippen LogP contribution in [0, 0.1) is 11.3 Å².